The molecule has 0 spiro atoms. The number of pyridine rings is 1. The van der Waals surface area contributed by atoms with Crippen molar-refractivity contribution >= 4 is 28.4 Å². The van der Waals surface area contributed by atoms with Crippen molar-refractivity contribution in [2.75, 3.05) is 13.1 Å². The maximum atomic E-state index is 13.3. The topological polar surface area (TPSA) is 59.0 Å². The predicted octanol–water partition coefficient (Wildman–Crippen LogP) is 5.00. The number of amides is 1. The SMILES string of the molecule is CC(C)CC(CNC(=O)c1cn(C[C@@H]2CCCN2)c2cccc(Cl)c12)c1cccnc1. The molecule has 0 radical (unpaired) electrons. The molecule has 2 atom stereocenters. The number of carbonyl (C=O) groups is 1. The van der Waals surface area contributed by atoms with Crippen LogP contribution in [0.1, 0.15) is 54.9 Å². The van der Waals surface area contributed by atoms with Gasteiger partial charge in [-0.3, -0.25) is 9.78 Å². The van der Waals surface area contributed by atoms with Crippen molar-refractivity contribution in [3.05, 3.63) is 65.1 Å². The Hall–Kier alpha value is -2.37. The molecule has 1 fully saturated rings. The van der Waals surface area contributed by atoms with Crippen molar-refractivity contribution in [1.82, 2.24) is 20.2 Å². The molecule has 1 unspecified atom stereocenters. The number of aromatic nitrogens is 2. The van der Waals surface area contributed by atoms with Crippen LogP contribution in [0.3, 0.4) is 0 Å². The average Bonchev–Trinajstić information content (AvgIpc) is 3.40. The van der Waals surface area contributed by atoms with E-state index in [1.54, 1.807) is 6.20 Å². The first-order valence-electron chi connectivity index (χ1n) is 11.2. The Morgan fingerprint density at radius 1 is 1.32 bits per heavy atom. The number of carbonyl (C=O) groups excluding carboxylic acids is 1. The minimum absolute atomic E-state index is 0.0751. The van der Waals surface area contributed by atoms with Crippen LogP contribution in [0, 0.1) is 5.92 Å². The van der Waals surface area contributed by atoms with Crippen molar-refractivity contribution in [1.29, 1.82) is 0 Å². The lowest BCUT2D eigenvalue weighted by molar-refractivity contribution is 0.0951. The second-order valence-corrected chi connectivity index (χ2v) is 9.35. The summed E-state index contributed by atoms with van der Waals surface area (Å²) in [5.74, 6) is 0.676. The van der Waals surface area contributed by atoms with Gasteiger partial charge in [0, 0.05) is 49.0 Å². The molecule has 1 aromatic carbocycles. The molecule has 6 heteroatoms. The Morgan fingerprint density at radius 3 is 2.90 bits per heavy atom. The van der Waals surface area contributed by atoms with Crippen LogP contribution >= 0.6 is 11.6 Å². The minimum Gasteiger partial charge on any atom is -0.351 e. The molecule has 5 nitrogen and oxygen atoms in total. The van der Waals surface area contributed by atoms with Crippen LogP contribution in [0.4, 0.5) is 0 Å². The Balaban J connectivity index is 1.56. The van der Waals surface area contributed by atoms with Gasteiger partial charge >= 0.3 is 0 Å². The van der Waals surface area contributed by atoms with Gasteiger partial charge in [-0.15, -0.1) is 0 Å². The number of nitrogens with zero attached hydrogens (tertiary/aromatic N) is 2. The monoisotopic (exact) mass is 438 g/mol. The molecule has 3 aromatic rings. The fourth-order valence-electron chi connectivity index (χ4n) is 4.62. The first-order chi connectivity index (χ1) is 15.0. The van der Waals surface area contributed by atoms with E-state index in [0.29, 0.717) is 29.1 Å². The van der Waals surface area contributed by atoms with Crippen LogP contribution < -0.4 is 10.6 Å². The van der Waals surface area contributed by atoms with Gasteiger partial charge in [-0.25, -0.2) is 0 Å². The van der Waals surface area contributed by atoms with Crippen molar-refractivity contribution in [2.45, 2.75) is 51.6 Å². The second-order valence-electron chi connectivity index (χ2n) is 8.95. The molecule has 164 valence electrons. The van der Waals surface area contributed by atoms with Crippen LogP contribution in [0.15, 0.2) is 48.9 Å². The summed E-state index contributed by atoms with van der Waals surface area (Å²) in [7, 11) is 0. The van der Waals surface area contributed by atoms with Crippen molar-refractivity contribution < 1.29 is 4.79 Å². The summed E-state index contributed by atoms with van der Waals surface area (Å²) >= 11 is 6.55. The number of benzene rings is 1. The summed E-state index contributed by atoms with van der Waals surface area (Å²) in [6.45, 7) is 6.88. The highest BCUT2D eigenvalue weighted by Gasteiger charge is 2.22. The fourth-order valence-corrected chi connectivity index (χ4v) is 4.89. The van der Waals surface area contributed by atoms with E-state index in [2.05, 4.69) is 40.1 Å². The zero-order chi connectivity index (χ0) is 21.8. The summed E-state index contributed by atoms with van der Waals surface area (Å²) in [5.41, 5.74) is 2.81. The summed E-state index contributed by atoms with van der Waals surface area (Å²) < 4.78 is 2.17. The van der Waals surface area contributed by atoms with Crippen LogP contribution in [0.2, 0.25) is 5.02 Å². The minimum atomic E-state index is -0.0751. The van der Waals surface area contributed by atoms with Gasteiger partial charge in [-0.05, 0) is 55.5 Å². The maximum Gasteiger partial charge on any atom is 0.253 e. The standard InChI is InChI=1S/C25H31ClN4O/c1-17(2)12-19(18-6-4-10-27-13-18)14-29-25(31)21-16-30(15-20-7-5-11-28-20)23-9-3-8-22(26)24(21)23/h3-4,6,8-10,13,16-17,19-20,28H,5,7,11-12,14-15H2,1-2H3,(H,29,31)/t19?,20-/m0/s1. The molecule has 4 rings (SSSR count). The van der Waals surface area contributed by atoms with Gasteiger partial charge in [0.1, 0.15) is 0 Å². The Kier molecular flexibility index (Phi) is 6.93. The highest BCUT2D eigenvalue weighted by molar-refractivity contribution is 6.36. The molecule has 1 aliphatic heterocycles. The summed E-state index contributed by atoms with van der Waals surface area (Å²) in [6.07, 6.45) is 8.99. The zero-order valence-electron chi connectivity index (χ0n) is 18.3. The summed E-state index contributed by atoms with van der Waals surface area (Å²) in [6, 6.07) is 10.3. The third-order valence-corrected chi connectivity index (χ3v) is 6.42. The molecular weight excluding hydrogens is 408 g/mol. The normalized spacial score (nSPS) is 17.4. The van der Waals surface area contributed by atoms with Gasteiger partial charge in [0.2, 0.25) is 0 Å². The van der Waals surface area contributed by atoms with Crippen LogP contribution in [0.5, 0.6) is 0 Å². The van der Waals surface area contributed by atoms with Crippen LogP contribution in [-0.2, 0) is 6.54 Å². The molecule has 2 N–H and O–H groups in total. The molecule has 31 heavy (non-hydrogen) atoms. The first-order valence-corrected chi connectivity index (χ1v) is 11.6. The lowest BCUT2D eigenvalue weighted by Gasteiger charge is -2.19. The van der Waals surface area contributed by atoms with Crippen molar-refractivity contribution in [3.63, 3.8) is 0 Å². The van der Waals surface area contributed by atoms with Gasteiger partial charge in [0.15, 0.2) is 0 Å². The number of rotatable bonds is 8. The van der Waals surface area contributed by atoms with Crippen LogP contribution in [-0.4, -0.2) is 34.6 Å². The Labute approximate surface area is 189 Å². The smallest absolute Gasteiger partial charge is 0.253 e. The van der Waals surface area contributed by atoms with E-state index in [1.807, 2.05) is 36.7 Å². The second kappa shape index (κ2) is 9.84. The van der Waals surface area contributed by atoms with Gasteiger partial charge in [0.25, 0.3) is 5.91 Å². The maximum absolute atomic E-state index is 13.3. The van der Waals surface area contributed by atoms with E-state index in [-0.39, 0.29) is 11.8 Å². The molecule has 0 aliphatic carbocycles. The Bertz CT molecular complexity index is 1020. The predicted molar refractivity (Wildman–Crippen MR) is 127 cm³/mol. The van der Waals surface area contributed by atoms with Crippen LogP contribution in [0.25, 0.3) is 10.9 Å². The number of nitrogens with one attached hydrogen (secondary N) is 2. The molecule has 3 heterocycles. The van der Waals surface area contributed by atoms with E-state index >= 15 is 0 Å². The number of hydrogen-bond donors (Lipinski definition) is 2. The number of fused-ring (bicyclic) bond motifs is 1. The molecule has 1 amide bonds. The number of hydrogen-bond acceptors (Lipinski definition) is 3. The third-order valence-electron chi connectivity index (χ3n) is 6.10. The largest absolute Gasteiger partial charge is 0.351 e. The van der Waals surface area contributed by atoms with Gasteiger partial charge < -0.3 is 15.2 Å². The van der Waals surface area contributed by atoms with Crippen molar-refractivity contribution in [3.8, 4) is 0 Å². The molecule has 1 aliphatic rings. The van der Waals surface area contributed by atoms with Gasteiger partial charge in [-0.2, -0.15) is 0 Å². The van der Waals surface area contributed by atoms with E-state index in [1.165, 1.54) is 6.42 Å². The third kappa shape index (κ3) is 5.10. The molecular formula is C25H31ClN4O. The molecule has 2 aromatic heterocycles. The quantitative estimate of drug-likeness (QED) is 0.520. The summed E-state index contributed by atoms with van der Waals surface area (Å²) in [4.78, 5) is 17.5. The van der Waals surface area contributed by atoms with E-state index in [9.17, 15) is 4.79 Å². The zero-order valence-corrected chi connectivity index (χ0v) is 19.0. The van der Waals surface area contributed by atoms with Crippen molar-refractivity contribution in [2.24, 2.45) is 5.92 Å². The fraction of sp³-hybridized carbons (Fsp3) is 0.440. The number of halogens is 1. The molecule has 0 bridgehead atoms. The molecule has 1 saturated heterocycles. The van der Waals surface area contributed by atoms with E-state index in [4.69, 9.17) is 11.6 Å². The Morgan fingerprint density at radius 2 is 2.19 bits per heavy atom. The van der Waals surface area contributed by atoms with E-state index < -0.39 is 0 Å². The first kappa shape index (κ1) is 21.8. The van der Waals surface area contributed by atoms with Gasteiger partial charge in [-0.1, -0.05) is 37.6 Å². The molecule has 0 saturated carbocycles. The average molecular weight is 439 g/mol. The highest BCUT2D eigenvalue weighted by atomic mass is 35.5. The lowest BCUT2D eigenvalue weighted by Crippen LogP contribution is -2.29. The van der Waals surface area contributed by atoms with E-state index in [0.717, 1.165) is 42.4 Å². The lowest BCUT2D eigenvalue weighted by atomic mass is 9.91. The highest BCUT2D eigenvalue weighted by Crippen LogP contribution is 2.30. The summed E-state index contributed by atoms with van der Waals surface area (Å²) in [5, 5.41) is 8.17. The van der Waals surface area contributed by atoms with Gasteiger partial charge in [0.05, 0.1) is 16.1 Å².